The second kappa shape index (κ2) is 11.2. The van der Waals surface area contributed by atoms with Crippen LogP contribution in [0.4, 0.5) is 30.7 Å². The third kappa shape index (κ3) is 7.34. The summed E-state index contributed by atoms with van der Waals surface area (Å²) in [6, 6.07) is 4.99. The van der Waals surface area contributed by atoms with Crippen LogP contribution in [0.5, 0.6) is 0 Å². The molecule has 4 nitrogen and oxygen atoms in total. The average molecular weight is 671 g/mol. The van der Waals surface area contributed by atoms with Crippen molar-refractivity contribution >= 4 is 68.4 Å². The minimum atomic E-state index is -4.93. The minimum absolute atomic E-state index is 0.0382. The molecule has 2 aromatic carbocycles. The summed E-state index contributed by atoms with van der Waals surface area (Å²) in [5, 5.41) is 3.40. The van der Waals surface area contributed by atoms with Gasteiger partial charge in [0.25, 0.3) is 5.91 Å². The molecular formula is C23H15BrCl3F7N2O2. The van der Waals surface area contributed by atoms with Gasteiger partial charge in [0.05, 0.1) is 20.6 Å². The van der Waals surface area contributed by atoms with E-state index in [0.717, 1.165) is 30.3 Å². The number of carbonyl (C=O) groups excluding carboxylic acids is 2. The van der Waals surface area contributed by atoms with Gasteiger partial charge >= 0.3 is 12.4 Å². The Morgan fingerprint density at radius 3 is 2.08 bits per heavy atom. The molecule has 1 aliphatic carbocycles. The molecule has 2 N–H and O–H groups in total. The first-order valence-electron chi connectivity index (χ1n) is 10.5. The van der Waals surface area contributed by atoms with Crippen molar-refractivity contribution in [3.63, 3.8) is 0 Å². The summed E-state index contributed by atoms with van der Waals surface area (Å²) < 4.78 is 93.3. The maximum absolute atomic E-state index is 15.0. The summed E-state index contributed by atoms with van der Waals surface area (Å²) in [7, 11) is 0. The highest BCUT2D eigenvalue weighted by Crippen LogP contribution is 2.42. The molecule has 1 atom stereocenters. The number of benzene rings is 2. The predicted octanol–water partition coefficient (Wildman–Crippen LogP) is 8.01. The zero-order valence-corrected chi connectivity index (χ0v) is 22.5. The smallest absolute Gasteiger partial charge is 0.345 e. The van der Waals surface area contributed by atoms with Crippen molar-refractivity contribution < 1.29 is 40.3 Å². The Labute approximate surface area is 234 Å². The van der Waals surface area contributed by atoms with Gasteiger partial charge in [-0.15, -0.1) is 0 Å². The van der Waals surface area contributed by atoms with Crippen LogP contribution in [0.2, 0.25) is 15.1 Å². The summed E-state index contributed by atoms with van der Waals surface area (Å²) in [4.78, 5) is 24.8. The highest BCUT2D eigenvalue weighted by atomic mass is 79.9. The number of amides is 2. The lowest BCUT2D eigenvalue weighted by molar-refractivity contribution is -0.140. The van der Waals surface area contributed by atoms with E-state index in [1.54, 1.807) is 5.32 Å². The number of carbonyl (C=O) groups is 2. The average Bonchev–Trinajstić information content (AvgIpc) is 3.58. The van der Waals surface area contributed by atoms with Gasteiger partial charge in [-0.3, -0.25) is 9.59 Å². The van der Waals surface area contributed by atoms with Gasteiger partial charge < -0.3 is 10.6 Å². The Morgan fingerprint density at radius 2 is 1.61 bits per heavy atom. The Morgan fingerprint density at radius 1 is 1.03 bits per heavy atom. The van der Waals surface area contributed by atoms with Crippen LogP contribution in [0.15, 0.2) is 40.9 Å². The lowest BCUT2D eigenvalue weighted by Gasteiger charge is -2.19. The van der Waals surface area contributed by atoms with Crippen LogP contribution >= 0.6 is 50.7 Å². The first-order valence-corrected chi connectivity index (χ1v) is 12.4. The molecule has 3 rings (SSSR count). The number of hydrogen-bond donors (Lipinski definition) is 2. The monoisotopic (exact) mass is 668 g/mol. The standard InChI is InChI=1S/C23H15BrCl3F7N2O2/c24-14-5-10(17(28)8-13(23(32,33)34)11-6-15(25)18(27)16(26)7-11)1-2-12(14)19(37)36-21(3-4-21)20(38)35-9-22(29,30)31/h1-2,5-8,13H,3-4,9H2,(H,35,38)(H,36,37). The fourth-order valence-corrected chi connectivity index (χ4v) is 4.56. The van der Waals surface area contributed by atoms with Gasteiger partial charge in [0, 0.05) is 10.0 Å². The van der Waals surface area contributed by atoms with Crippen molar-refractivity contribution in [2.75, 3.05) is 6.54 Å². The first kappa shape index (κ1) is 30.5. The number of halogens is 11. The zero-order chi connectivity index (χ0) is 28.6. The van der Waals surface area contributed by atoms with E-state index in [9.17, 15) is 40.3 Å². The summed E-state index contributed by atoms with van der Waals surface area (Å²) in [5.74, 6) is -5.59. The van der Waals surface area contributed by atoms with Crippen molar-refractivity contribution in [2.45, 2.75) is 36.7 Å². The molecule has 2 amide bonds. The van der Waals surface area contributed by atoms with Crippen LogP contribution in [0.3, 0.4) is 0 Å². The lowest BCUT2D eigenvalue weighted by Crippen LogP contribution is -2.50. The molecule has 1 unspecified atom stereocenters. The van der Waals surface area contributed by atoms with Crippen LogP contribution in [-0.2, 0) is 4.79 Å². The van der Waals surface area contributed by atoms with E-state index in [1.807, 2.05) is 0 Å². The molecule has 0 aliphatic heterocycles. The van der Waals surface area contributed by atoms with Crippen LogP contribution < -0.4 is 10.6 Å². The van der Waals surface area contributed by atoms with E-state index in [4.69, 9.17) is 34.8 Å². The van der Waals surface area contributed by atoms with Crippen molar-refractivity contribution in [3.05, 3.63) is 72.6 Å². The van der Waals surface area contributed by atoms with Gasteiger partial charge in [-0.05, 0) is 64.7 Å². The quantitative estimate of drug-likeness (QED) is 0.232. The van der Waals surface area contributed by atoms with E-state index in [1.165, 1.54) is 0 Å². The van der Waals surface area contributed by atoms with Gasteiger partial charge in [-0.1, -0.05) is 40.9 Å². The fourth-order valence-electron chi connectivity index (χ4n) is 3.39. The second-order valence-corrected chi connectivity index (χ2v) is 10.4. The van der Waals surface area contributed by atoms with Crippen LogP contribution in [0, 0.1) is 0 Å². The van der Waals surface area contributed by atoms with Crippen molar-refractivity contribution in [1.29, 1.82) is 0 Å². The molecule has 2 aromatic rings. The van der Waals surface area contributed by atoms with Crippen LogP contribution in [0.25, 0.3) is 5.83 Å². The molecule has 1 saturated carbocycles. The van der Waals surface area contributed by atoms with Crippen molar-refractivity contribution in [2.24, 2.45) is 0 Å². The number of alkyl halides is 6. The van der Waals surface area contributed by atoms with Crippen LogP contribution in [-0.4, -0.2) is 36.3 Å². The highest BCUT2D eigenvalue weighted by Gasteiger charge is 2.52. The van der Waals surface area contributed by atoms with E-state index < -0.39 is 53.6 Å². The van der Waals surface area contributed by atoms with Crippen molar-refractivity contribution in [1.82, 2.24) is 10.6 Å². The Balaban J connectivity index is 1.82. The Kier molecular flexibility index (Phi) is 9.02. The fraction of sp³-hybridized carbons (Fsp3) is 0.304. The first-order chi connectivity index (χ1) is 17.4. The highest BCUT2D eigenvalue weighted by molar-refractivity contribution is 9.10. The molecule has 206 valence electrons. The number of rotatable bonds is 7. The predicted molar refractivity (Wildman–Crippen MR) is 132 cm³/mol. The summed E-state index contributed by atoms with van der Waals surface area (Å²) in [6.45, 7) is -1.57. The molecule has 0 saturated heterocycles. The van der Waals surface area contributed by atoms with Gasteiger partial charge in [0.2, 0.25) is 5.91 Å². The normalized spacial score (nSPS) is 16.1. The van der Waals surface area contributed by atoms with E-state index in [0.29, 0.717) is 6.08 Å². The topological polar surface area (TPSA) is 58.2 Å². The molecule has 38 heavy (non-hydrogen) atoms. The molecule has 0 aromatic heterocycles. The number of hydrogen-bond acceptors (Lipinski definition) is 2. The van der Waals surface area contributed by atoms with Gasteiger partial charge in [-0.2, -0.15) is 26.3 Å². The van der Waals surface area contributed by atoms with Crippen molar-refractivity contribution in [3.8, 4) is 0 Å². The molecule has 1 aliphatic rings. The molecular weight excluding hydrogens is 656 g/mol. The summed E-state index contributed by atoms with van der Waals surface area (Å²) in [6.07, 6.45) is -9.05. The molecule has 0 radical (unpaired) electrons. The third-order valence-corrected chi connectivity index (χ3v) is 7.36. The molecule has 0 spiro atoms. The largest absolute Gasteiger partial charge is 0.405 e. The second-order valence-electron chi connectivity index (χ2n) is 8.36. The van der Waals surface area contributed by atoms with Gasteiger partial charge in [0.1, 0.15) is 23.8 Å². The Bertz CT molecular complexity index is 1270. The van der Waals surface area contributed by atoms with Gasteiger partial charge in [0.15, 0.2) is 0 Å². The van der Waals surface area contributed by atoms with E-state index >= 15 is 0 Å². The Hall–Kier alpha value is -2.02. The SMILES string of the molecule is O=C(NC1(C(=O)NCC(F)(F)F)CC1)c1ccc(C(F)=CC(c2cc(Cl)c(Cl)c(Cl)c2)C(F)(F)F)cc1Br. The third-order valence-electron chi connectivity index (χ3n) is 5.51. The van der Waals surface area contributed by atoms with Gasteiger partial charge in [-0.25, -0.2) is 4.39 Å². The minimum Gasteiger partial charge on any atom is -0.345 e. The van der Waals surface area contributed by atoms with Crippen LogP contribution in [0.1, 0.15) is 40.2 Å². The maximum atomic E-state index is 15.0. The summed E-state index contributed by atoms with van der Waals surface area (Å²) in [5.41, 5.74) is -2.43. The summed E-state index contributed by atoms with van der Waals surface area (Å²) >= 11 is 20.5. The number of nitrogens with one attached hydrogen (secondary N) is 2. The molecule has 0 heterocycles. The lowest BCUT2D eigenvalue weighted by atomic mass is 9.96. The maximum Gasteiger partial charge on any atom is 0.405 e. The molecule has 15 heteroatoms. The molecule has 1 fully saturated rings. The van der Waals surface area contributed by atoms with E-state index in [2.05, 4.69) is 21.2 Å². The molecule has 0 bridgehead atoms. The number of allylic oxidation sites excluding steroid dienone is 1. The zero-order valence-electron chi connectivity index (χ0n) is 18.6. The van der Waals surface area contributed by atoms with E-state index in [-0.39, 0.29) is 43.5 Å².